The maximum Gasteiger partial charge on any atom is 0.255 e. The van der Waals surface area contributed by atoms with E-state index in [1.807, 2.05) is 36.4 Å². The fourth-order valence-electron chi connectivity index (χ4n) is 2.38. The number of fused-ring (bicyclic) bond motifs is 1. The highest BCUT2D eigenvalue weighted by atomic mass is 32.1. The van der Waals surface area contributed by atoms with Crippen molar-refractivity contribution in [2.45, 2.75) is 6.10 Å². The predicted octanol–water partition coefficient (Wildman–Crippen LogP) is 3.37. The van der Waals surface area contributed by atoms with Crippen LogP contribution in [0.4, 0.5) is 0 Å². The summed E-state index contributed by atoms with van der Waals surface area (Å²) in [6, 6.07) is 16.9. The van der Waals surface area contributed by atoms with Gasteiger partial charge in [0.15, 0.2) is 0 Å². The number of rotatable bonds is 5. The smallest absolute Gasteiger partial charge is 0.255 e. The zero-order valence-corrected chi connectivity index (χ0v) is 13.5. The number of thiophene rings is 1. The number of aliphatic hydroxyl groups excluding tert-OH is 1. The van der Waals surface area contributed by atoms with Gasteiger partial charge in [0.05, 0.1) is 12.7 Å². The van der Waals surface area contributed by atoms with Crippen molar-refractivity contribution >= 4 is 27.3 Å². The van der Waals surface area contributed by atoms with Crippen LogP contribution in [0.25, 0.3) is 10.1 Å². The van der Waals surface area contributed by atoms with Crippen LogP contribution in [0.15, 0.2) is 54.6 Å². The topological polar surface area (TPSA) is 58.6 Å². The minimum atomic E-state index is -0.731. The molecule has 0 bridgehead atoms. The molecule has 0 saturated carbocycles. The molecule has 3 rings (SSSR count). The van der Waals surface area contributed by atoms with Gasteiger partial charge in [-0.1, -0.05) is 30.3 Å². The Labute approximate surface area is 138 Å². The first-order valence-electron chi connectivity index (χ1n) is 7.27. The molecule has 1 amide bonds. The van der Waals surface area contributed by atoms with Crippen LogP contribution in [0.5, 0.6) is 5.75 Å². The van der Waals surface area contributed by atoms with Crippen molar-refractivity contribution < 1.29 is 14.6 Å². The van der Waals surface area contributed by atoms with Crippen molar-refractivity contribution in [3.8, 4) is 5.75 Å². The van der Waals surface area contributed by atoms with Crippen LogP contribution >= 0.6 is 11.3 Å². The minimum Gasteiger partial charge on any atom is -0.496 e. The largest absolute Gasteiger partial charge is 0.496 e. The van der Waals surface area contributed by atoms with E-state index in [2.05, 4.69) is 5.32 Å². The van der Waals surface area contributed by atoms with Crippen molar-refractivity contribution in [1.29, 1.82) is 0 Å². The number of hydrogen-bond donors (Lipinski definition) is 2. The van der Waals surface area contributed by atoms with E-state index in [1.165, 1.54) is 18.4 Å². The van der Waals surface area contributed by atoms with Gasteiger partial charge in [0.25, 0.3) is 5.91 Å². The molecule has 118 valence electrons. The van der Waals surface area contributed by atoms with Crippen molar-refractivity contribution in [2.75, 3.05) is 13.7 Å². The summed E-state index contributed by atoms with van der Waals surface area (Å²) in [6.45, 7) is 0.156. The third kappa shape index (κ3) is 3.36. The van der Waals surface area contributed by atoms with E-state index in [9.17, 15) is 9.90 Å². The molecule has 0 saturated heterocycles. The van der Waals surface area contributed by atoms with Crippen LogP contribution in [0.1, 0.15) is 21.3 Å². The number of nitrogens with one attached hydrogen (secondary N) is 1. The van der Waals surface area contributed by atoms with Gasteiger partial charge in [0.2, 0.25) is 0 Å². The summed E-state index contributed by atoms with van der Waals surface area (Å²) in [5.41, 5.74) is 0.457. The average molecular weight is 327 g/mol. The standard InChI is InChI=1S/C18H17NO3S/c1-22-15-8-4-3-7-13(15)18(21)19-11-14(20)17-10-12-6-2-5-9-16(12)23-17/h2-10,14,20H,11H2,1H3,(H,19,21). The molecule has 5 heteroatoms. The third-order valence-corrected chi connectivity index (χ3v) is 4.80. The van der Waals surface area contributed by atoms with Crippen molar-refractivity contribution in [3.63, 3.8) is 0 Å². The molecule has 2 aromatic carbocycles. The summed E-state index contributed by atoms with van der Waals surface area (Å²) in [5, 5.41) is 14.2. The second kappa shape index (κ2) is 6.81. The molecule has 2 N–H and O–H groups in total. The Morgan fingerprint density at radius 3 is 2.74 bits per heavy atom. The van der Waals surface area contributed by atoms with Crippen molar-refractivity contribution in [3.05, 3.63) is 65.0 Å². The first-order valence-corrected chi connectivity index (χ1v) is 8.08. The number of benzene rings is 2. The van der Waals surface area contributed by atoms with Gasteiger partial charge in [0.1, 0.15) is 11.9 Å². The summed E-state index contributed by atoms with van der Waals surface area (Å²) in [6.07, 6.45) is -0.731. The monoisotopic (exact) mass is 327 g/mol. The second-order valence-electron chi connectivity index (χ2n) is 5.11. The fourth-order valence-corrected chi connectivity index (χ4v) is 3.43. The Kier molecular flexibility index (Phi) is 4.60. The lowest BCUT2D eigenvalue weighted by Crippen LogP contribution is -2.28. The second-order valence-corrected chi connectivity index (χ2v) is 6.23. The number of amides is 1. The van der Waals surface area contributed by atoms with Gasteiger partial charge in [-0.25, -0.2) is 0 Å². The lowest BCUT2D eigenvalue weighted by molar-refractivity contribution is 0.0915. The van der Waals surface area contributed by atoms with Crippen LogP contribution < -0.4 is 10.1 Å². The van der Waals surface area contributed by atoms with Crippen LogP contribution in [-0.4, -0.2) is 24.7 Å². The summed E-state index contributed by atoms with van der Waals surface area (Å²) in [7, 11) is 1.53. The Bertz CT molecular complexity index is 795. The highest BCUT2D eigenvalue weighted by Gasteiger charge is 2.15. The molecule has 1 heterocycles. The Morgan fingerprint density at radius 1 is 1.22 bits per heavy atom. The third-order valence-electron chi connectivity index (χ3n) is 3.58. The summed E-state index contributed by atoms with van der Waals surface area (Å²) in [4.78, 5) is 13.1. The molecule has 1 atom stereocenters. The normalized spacial score (nSPS) is 12.1. The van der Waals surface area contributed by atoms with Crippen molar-refractivity contribution in [1.82, 2.24) is 5.32 Å². The van der Waals surface area contributed by atoms with Gasteiger partial charge in [-0.05, 0) is 29.7 Å². The van der Waals surface area contributed by atoms with E-state index in [-0.39, 0.29) is 12.5 Å². The maximum atomic E-state index is 12.2. The molecule has 23 heavy (non-hydrogen) atoms. The molecule has 0 aliphatic heterocycles. The van der Waals surface area contributed by atoms with E-state index in [1.54, 1.807) is 18.2 Å². The predicted molar refractivity (Wildman–Crippen MR) is 92.1 cm³/mol. The Hall–Kier alpha value is -2.37. The first-order chi connectivity index (χ1) is 11.2. The zero-order chi connectivity index (χ0) is 16.2. The van der Waals surface area contributed by atoms with Gasteiger partial charge < -0.3 is 15.2 Å². The number of carbonyl (C=O) groups is 1. The number of para-hydroxylation sites is 1. The van der Waals surface area contributed by atoms with Gasteiger partial charge in [-0.3, -0.25) is 4.79 Å². The Morgan fingerprint density at radius 2 is 1.96 bits per heavy atom. The summed E-state index contributed by atoms with van der Waals surface area (Å²) >= 11 is 1.53. The van der Waals surface area contributed by atoms with E-state index in [4.69, 9.17) is 4.74 Å². The molecule has 1 aromatic heterocycles. The van der Waals surface area contributed by atoms with Gasteiger partial charge >= 0.3 is 0 Å². The summed E-state index contributed by atoms with van der Waals surface area (Å²) < 4.78 is 6.30. The van der Waals surface area contributed by atoms with Crippen LogP contribution in [0.2, 0.25) is 0 Å². The van der Waals surface area contributed by atoms with E-state index in [0.717, 1.165) is 15.0 Å². The van der Waals surface area contributed by atoms with Crippen LogP contribution in [-0.2, 0) is 0 Å². The van der Waals surface area contributed by atoms with Crippen molar-refractivity contribution in [2.24, 2.45) is 0 Å². The van der Waals surface area contributed by atoms with E-state index < -0.39 is 6.10 Å². The lowest BCUT2D eigenvalue weighted by atomic mass is 10.2. The van der Waals surface area contributed by atoms with E-state index in [0.29, 0.717) is 11.3 Å². The number of carbonyl (C=O) groups excluding carboxylic acids is 1. The molecule has 0 aliphatic rings. The maximum absolute atomic E-state index is 12.2. The number of aliphatic hydroxyl groups is 1. The molecular weight excluding hydrogens is 310 g/mol. The van der Waals surface area contributed by atoms with Crippen LogP contribution in [0, 0.1) is 0 Å². The molecule has 0 aliphatic carbocycles. The molecule has 3 aromatic rings. The molecule has 4 nitrogen and oxygen atoms in total. The SMILES string of the molecule is COc1ccccc1C(=O)NCC(O)c1cc2ccccc2s1. The van der Waals surface area contributed by atoms with Crippen LogP contribution in [0.3, 0.4) is 0 Å². The molecule has 0 radical (unpaired) electrons. The lowest BCUT2D eigenvalue weighted by Gasteiger charge is -2.12. The molecule has 1 unspecified atom stereocenters. The number of hydrogen-bond acceptors (Lipinski definition) is 4. The molecule has 0 spiro atoms. The highest BCUT2D eigenvalue weighted by Crippen LogP contribution is 2.29. The quantitative estimate of drug-likeness (QED) is 0.755. The summed E-state index contributed by atoms with van der Waals surface area (Å²) in [5.74, 6) is 0.254. The van der Waals surface area contributed by atoms with E-state index >= 15 is 0 Å². The first kappa shape index (κ1) is 15.5. The number of ether oxygens (including phenoxy) is 1. The fraction of sp³-hybridized carbons (Fsp3) is 0.167. The minimum absolute atomic E-state index is 0.156. The molecular formula is C18H17NO3S. The average Bonchev–Trinajstić information content (AvgIpc) is 3.03. The van der Waals surface area contributed by atoms with Gasteiger partial charge in [-0.2, -0.15) is 0 Å². The molecule has 0 fully saturated rings. The van der Waals surface area contributed by atoms with Gasteiger partial charge in [-0.15, -0.1) is 11.3 Å². The van der Waals surface area contributed by atoms with Gasteiger partial charge in [0, 0.05) is 16.1 Å². The Balaban J connectivity index is 1.68. The highest BCUT2D eigenvalue weighted by molar-refractivity contribution is 7.19. The zero-order valence-electron chi connectivity index (χ0n) is 12.7. The number of methoxy groups -OCH3 is 1.